The molecule has 9 heteroatoms. The van der Waals surface area contributed by atoms with Crippen molar-refractivity contribution in [1.29, 1.82) is 0 Å². The third-order valence-electron chi connectivity index (χ3n) is 2.55. The lowest BCUT2D eigenvalue weighted by molar-refractivity contribution is -0.141. The van der Waals surface area contributed by atoms with Crippen molar-refractivity contribution in [1.82, 2.24) is 15.1 Å². The van der Waals surface area contributed by atoms with E-state index in [0.717, 1.165) is 11.0 Å². The molecule has 1 fully saturated rings. The smallest absolute Gasteiger partial charge is 0.326 e. The topological polar surface area (TPSA) is 46.1 Å². The Hall–Kier alpha value is -1.08. The van der Waals surface area contributed by atoms with Crippen molar-refractivity contribution in [2.24, 2.45) is 0 Å². The monoisotopic (exact) mass is 313 g/mol. The Bertz CT molecular complexity index is 505. The predicted octanol–water partition coefficient (Wildman–Crippen LogP) is 2.95. The lowest BCUT2D eigenvalue weighted by atomic mass is 10.2. The van der Waals surface area contributed by atoms with Crippen LogP contribution in [-0.4, -0.2) is 39.8 Å². The van der Waals surface area contributed by atoms with Crippen LogP contribution in [0.4, 0.5) is 13.2 Å². The van der Waals surface area contributed by atoms with Crippen LogP contribution in [0.1, 0.15) is 23.2 Å². The van der Waals surface area contributed by atoms with Crippen LogP contribution in [0.5, 0.6) is 0 Å². The number of halogens is 5. The van der Waals surface area contributed by atoms with Crippen molar-refractivity contribution in [3.63, 3.8) is 0 Å². The lowest BCUT2D eigenvalue weighted by Gasteiger charge is -2.23. The standard InChI is InChI=1S/C10H8Cl2F3N3O/c11-7-3-6(8(12)17-16-7)9(19)18(5-1-2-5)4-10(13,14)15/h3,5H,1-2,4H2. The van der Waals surface area contributed by atoms with Gasteiger partial charge in [0.05, 0.1) is 5.56 Å². The Balaban J connectivity index is 2.26. The largest absolute Gasteiger partial charge is 0.406 e. The molecule has 1 aromatic rings. The first kappa shape index (κ1) is 14.3. The summed E-state index contributed by atoms with van der Waals surface area (Å²) >= 11 is 11.2. The number of alkyl halides is 3. The van der Waals surface area contributed by atoms with E-state index in [9.17, 15) is 18.0 Å². The van der Waals surface area contributed by atoms with Gasteiger partial charge in [0.2, 0.25) is 0 Å². The van der Waals surface area contributed by atoms with Crippen LogP contribution in [0.15, 0.2) is 6.07 Å². The maximum absolute atomic E-state index is 12.5. The maximum Gasteiger partial charge on any atom is 0.406 e. The van der Waals surface area contributed by atoms with Crippen molar-refractivity contribution in [3.8, 4) is 0 Å². The summed E-state index contributed by atoms with van der Waals surface area (Å²) in [7, 11) is 0. The van der Waals surface area contributed by atoms with E-state index in [1.54, 1.807) is 0 Å². The van der Waals surface area contributed by atoms with Crippen LogP contribution in [-0.2, 0) is 0 Å². The van der Waals surface area contributed by atoms with Gasteiger partial charge in [0.15, 0.2) is 10.3 Å². The highest BCUT2D eigenvalue weighted by molar-refractivity contribution is 6.34. The molecule has 0 aliphatic heterocycles. The molecule has 1 saturated carbocycles. The molecule has 1 aliphatic rings. The van der Waals surface area contributed by atoms with Crippen molar-refractivity contribution in [2.45, 2.75) is 25.1 Å². The number of hydrogen-bond acceptors (Lipinski definition) is 3. The van der Waals surface area contributed by atoms with Gasteiger partial charge in [0.25, 0.3) is 5.91 Å². The molecule has 0 spiro atoms. The van der Waals surface area contributed by atoms with Gasteiger partial charge in [0.1, 0.15) is 6.54 Å². The second kappa shape index (κ2) is 5.13. The summed E-state index contributed by atoms with van der Waals surface area (Å²) in [6.45, 7) is -1.31. The van der Waals surface area contributed by atoms with Crippen LogP contribution in [0, 0.1) is 0 Å². The van der Waals surface area contributed by atoms with E-state index in [4.69, 9.17) is 23.2 Å². The van der Waals surface area contributed by atoms with Gasteiger partial charge in [-0.2, -0.15) is 13.2 Å². The van der Waals surface area contributed by atoms with Crippen molar-refractivity contribution in [2.75, 3.05) is 6.54 Å². The highest BCUT2D eigenvalue weighted by Crippen LogP contribution is 2.32. The average Bonchev–Trinajstić information content (AvgIpc) is 3.11. The molecule has 2 rings (SSSR count). The summed E-state index contributed by atoms with van der Waals surface area (Å²) in [6, 6.07) is 0.711. The molecule has 19 heavy (non-hydrogen) atoms. The molecular formula is C10H8Cl2F3N3O. The first-order valence-corrected chi connectivity index (χ1v) is 6.10. The van der Waals surface area contributed by atoms with E-state index in [1.165, 1.54) is 0 Å². The SMILES string of the molecule is O=C(c1cc(Cl)nnc1Cl)N(CC(F)(F)F)C1CC1. The fraction of sp³-hybridized carbons (Fsp3) is 0.500. The number of carbonyl (C=O) groups excluding carboxylic acids is 1. The fourth-order valence-corrected chi connectivity index (χ4v) is 1.92. The van der Waals surface area contributed by atoms with Gasteiger partial charge in [-0.1, -0.05) is 23.2 Å². The van der Waals surface area contributed by atoms with Gasteiger partial charge in [-0.3, -0.25) is 4.79 Å². The Morgan fingerprint density at radius 3 is 2.53 bits per heavy atom. The molecule has 1 aromatic heterocycles. The van der Waals surface area contributed by atoms with Crippen LogP contribution in [0.3, 0.4) is 0 Å². The van der Waals surface area contributed by atoms with E-state index < -0.39 is 24.7 Å². The Kier molecular flexibility index (Phi) is 3.87. The Labute approximate surface area is 116 Å². The normalized spacial score (nSPS) is 15.4. The molecule has 0 unspecified atom stereocenters. The van der Waals surface area contributed by atoms with Gasteiger partial charge in [-0.05, 0) is 18.9 Å². The zero-order valence-corrected chi connectivity index (χ0v) is 10.9. The summed E-state index contributed by atoms with van der Waals surface area (Å²) in [5.74, 6) is -0.832. The van der Waals surface area contributed by atoms with Crippen molar-refractivity contribution in [3.05, 3.63) is 21.9 Å². The second-order valence-electron chi connectivity index (χ2n) is 4.15. The molecule has 0 saturated heterocycles. The second-order valence-corrected chi connectivity index (χ2v) is 4.90. The molecule has 4 nitrogen and oxygen atoms in total. The summed E-state index contributed by atoms with van der Waals surface area (Å²) in [5.41, 5.74) is -0.169. The molecule has 104 valence electrons. The molecular weight excluding hydrogens is 306 g/mol. The predicted molar refractivity (Wildman–Crippen MR) is 62.2 cm³/mol. The quantitative estimate of drug-likeness (QED) is 0.862. The van der Waals surface area contributed by atoms with Crippen molar-refractivity contribution >= 4 is 29.1 Å². The highest BCUT2D eigenvalue weighted by Gasteiger charge is 2.41. The summed E-state index contributed by atoms with van der Waals surface area (Å²) in [6.07, 6.45) is -3.37. The van der Waals surface area contributed by atoms with E-state index in [0.29, 0.717) is 12.8 Å². The zero-order chi connectivity index (χ0) is 14.2. The first-order chi connectivity index (χ1) is 8.78. The van der Waals surface area contributed by atoms with Crippen LogP contribution >= 0.6 is 23.2 Å². The molecule has 1 amide bonds. The van der Waals surface area contributed by atoms with Crippen LogP contribution in [0.2, 0.25) is 10.3 Å². The van der Waals surface area contributed by atoms with E-state index >= 15 is 0 Å². The Morgan fingerprint density at radius 2 is 2.00 bits per heavy atom. The molecule has 1 heterocycles. The minimum absolute atomic E-state index is 0.101. The van der Waals surface area contributed by atoms with E-state index in [2.05, 4.69) is 10.2 Å². The van der Waals surface area contributed by atoms with Gasteiger partial charge in [-0.25, -0.2) is 0 Å². The average molecular weight is 314 g/mol. The molecule has 0 N–H and O–H groups in total. The van der Waals surface area contributed by atoms with Crippen molar-refractivity contribution < 1.29 is 18.0 Å². The highest BCUT2D eigenvalue weighted by atomic mass is 35.5. The fourth-order valence-electron chi connectivity index (χ4n) is 1.60. The number of aromatic nitrogens is 2. The summed E-state index contributed by atoms with van der Waals surface area (Å²) in [5, 5.41) is 6.46. The summed E-state index contributed by atoms with van der Waals surface area (Å²) in [4.78, 5) is 12.8. The minimum Gasteiger partial charge on any atom is -0.326 e. The molecule has 0 bridgehead atoms. The molecule has 0 aromatic carbocycles. The number of rotatable bonds is 3. The summed E-state index contributed by atoms with van der Waals surface area (Å²) < 4.78 is 37.4. The van der Waals surface area contributed by atoms with Gasteiger partial charge in [0, 0.05) is 6.04 Å². The maximum atomic E-state index is 12.5. The number of carbonyl (C=O) groups is 1. The third-order valence-corrected chi connectivity index (χ3v) is 3.01. The molecule has 0 atom stereocenters. The van der Waals surface area contributed by atoms with Crippen LogP contribution < -0.4 is 0 Å². The molecule has 0 radical (unpaired) electrons. The molecule has 1 aliphatic carbocycles. The van der Waals surface area contributed by atoms with Gasteiger partial charge >= 0.3 is 6.18 Å². The Morgan fingerprint density at radius 1 is 1.37 bits per heavy atom. The minimum atomic E-state index is -4.46. The number of hydrogen-bond donors (Lipinski definition) is 0. The zero-order valence-electron chi connectivity index (χ0n) is 9.42. The van der Waals surface area contributed by atoms with E-state index in [1.807, 2.05) is 0 Å². The van der Waals surface area contributed by atoms with Gasteiger partial charge < -0.3 is 4.90 Å². The third kappa shape index (κ3) is 3.70. The van der Waals surface area contributed by atoms with Crippen LogP contribution in [0.25, 0.3) is 0 Å². The lowest BCUT2D eigenvalue weighted by Crippen LogP contribution is -2.40. The first-order valence-electron chi connectivity index (χ1n) is 5.34. The van der Waals surface area contributed by atoms with Gasteiger partial charge in [-0.15, -0.1) is 10.2 Å². The number of amides is 1. The number of nitrogens with zero attached hydrogens (tertiary/aromatic N) is 3. The van der Waals surface area contributed by atoms with E-state index in [-0.39, 0.29) is 15.9 Å².